The Morgan fingerprint density at radius 2 is 2.00 bits per heavy atom. The molecule has 0 saturated heterocycles. The highest BCUT2D eigenvalue weighted by molar-refractivity contribution is 7.81. The lowest BCUT2D eigenvalue weighted by Gasteiger charge is -2.17. The van der Waals surface area contributed by atoms with Crippen molar-refractivity contribution in [1.29, 1.82) is 0 Å². The third-order valence-electron chi connectivity index (χ3n) is 1.21. The summed E-state index contributed by atoms with van der Waals surface area (Å²) in [6.45, 7) is 6.00. The molecule has 1 atom stereocenters. The minimum atomic E-state index is -1.82. The molecule has 0 bridgehead atoms. The Hall–Kier alpha value is 0.527. The molecule has 0 amide bonds. The van der Waals surface area contributed by atoms with E-state index in [0.717, 1.165) is 12.5 Å². The SMILES string of the molecule is CCC(S)C[Si](C)(C)O. The van der Waals surface area contributed by atoms with Crippen molar-refractivity contribution in [3.63, 3.8) is 0 Å². The van der Waals surface area contributed by atoms with Crippen LogP contribution in [-0.4, -0.2) is 18.4 Å². The second-order valence-electron chi connectivity index (χ2n) is 3.08. The van der Waals surface area contributed by atoms with Crippen LogP contribution in [0.15, 0.2) is 0 Å². The van der Waals surface area contributed by atoms with Gasteiger partial charge < -0.3 is 4.80 Å². The molecule has 1 N–H and O–H groups in total. The van der Waals surface area contributed by atoms with Gasteiger partial charge in [0.2, 0.25) is 0 Å². The van der Waals surface area contributed by atoms with Gasteiger partial charge in [-0.2, -0.15) is 12.6 Å². The summed E-state index contributed by atoms with van der Waals surface area (Å²) in [6.07, 6.45) is 1.06. The first-order valence-corrected chi connectivity index (χ1v) is 7.03. The highest BCUT2D eigenvalue weighted by atomic mass is 32.1. The van der Waals surface area contributed by atoms with Crippen molar-refractivity contribution < 1.29 is 4.80 Å². The van der Waals surface area contributed by atoms with E-state index in [0.29, 0.717) is 5.25 Å². The van der Waals surface area contributed by atoms with Crippen molar-refractivity contribution in [2.75, 3.05) is 0 Å². The molecular formula is C6H16OSSi. The average molecular weight is 164 g/mol. The molecule has 0 aliphatic rings. The third kappa shape index (κ3) is 6.41. The largest absolute Gasteiger partial charge is 0.432 e. The monoisotopic (exact) mass is 164 g/mol. The first-order chi connectivity index (χ1) is 3.95. The van der Waals surface area contributed by atoms with E-state index in [1.807, 2.05) is 13.1 Å². The van der Waals surface area contributed by atoms with Gasteiger partial charge in [-0.05, 0) is 25.6 Å². The lowest BCUT2D eigenvalue weighted by molar-refractivity contribution is 0.545. The molecule has 0 aliphatic carbocycles. The molecule has 9 heavy (non-hydrogen) atoms. The van der Waals surface area contributed by atoms with Crippen LogP contribution in [-0.2, 0) is 0 Å². The van der Waals surface area contributed by atoms with Crippen LogP contribution in [0.5, 0.6) is 0 Å². The minimum Gasteiger partial charge on any atom is -0.432 e. The van der Waals surface area contributed by atoms with Crippen molar-refractivity contribution in [1.82, 2.24) is 0 Å². The van der Waals surface area contributed by atoms with Crippen molar-refractivity contribution in [2.24, 2.45) is 0 Å². The maximum Gasteiger partial charge on any atom is 0.183 e. The molecule has 0 heterocycles. The van der Waals surface area contributed by atoms with Crippen molar-refractivity contribution in [3.05, 3.63) is 0 Å². The number of rotatable bonds is 3. The van der Waals surface area contributed by atoms with E-state index >= 15 is 0 Å². The van der Waals surface area contributed by atoms with Gasteiger partial charge in [0.15, 0.2) is 8.32 Å². The van der Waals surface area contributed by atoms with Crippen LogP contribution >= 0.6 is 12.6 Å². The number of hydrogen-bond donors (Lipinski definition) is 2. The summed E-state index contributed by atoms with van der Waals surface area (Å²) >= 11 is 4.30. The molecule has 0 rings (SSSR count). The molecule has 0 aromatic heterocycles. The van der Waals surface area contributed by atoms with Crippen molar-refractivity contribution in [3.8, 4) is 0 Å². The second-order valence-corrected chi connectivity index (χ2v) is 7.84. The zero-order chi connectivity index (χ0) is 7.49. The fraction of sp³-hybridized carbons (Fsp3) is 1.00. The molecule has 3 heteroatoms. The number of thiol groups is 1. The molecule has 1 unspecified atom stereocenters. The van der Waals surface area contributed by atoms with Crippen molar-refractivity contribution in [2.45, 2.75) is 37.7 Å². The summed E-state index contributed by atoms with van der Waals surface area (Å²) in [5.41, 5.74) is 0. The predicted molar refractivity (Wildman–Crippen MR) is 47.6 cm³/mol. The Bertz CT molecular complexity index is 79.6. The zero-order valence-electron chi connectivity index (χ0n) is 6.39. The van der Waals surface area contributed by atoms with Gasteiger partial charge in [-0.15, -0.1) is 0 Å². The Labute approximate surface area is 64.0 Å². The second kappa shape index (κ2) is 3.64. The van der Waals surface area contributed by atoms with Crippen LogP contribution in [0, 0.1) is 0 Å². The van der Waals surface area contributed by atoms with Gasteiger partial charge >= 0.3 is 0 Å². The van der Waals surface area contributed by atoms with Gasteiger partial charge in [0.05, 0.1) is 0 Å². The van der Waals surface area contributed by atoms with Gasteiger partial charge in [0.25, 0.3) is 0 Å². The van der Waals surface area contributed by atoms with Crippen LogP contribution in [0.2, 0.25) is 19.1 Å². The van der Waals surface area contributed by atoms with E-state index < -0.39 is 8.32 Å². The van der Waals surface area contributed by atoms with Crippen molar-refractivity contribution >= 4 is 20.9 Å². The van der Waals surface area contributed by atoms with E-state index in [-0.39, 0.29) is 0 Å². The lowest BCUT2D eigenvalue weighted by atomic mass is 10.4. The molecule has 0 fully saturated rings. The quantitative estimate of drug-likeness (QED) is 0.482. The standard InChI is InChI=1S/C6H16OSSi/c1-4-6(8)5-9(2,3)7/h6-8H,4-5H2,1-3H3. The highest BCUT2D eigenvalue weighted by Gasteiger charge is 2.19. The van der Waals surface area contributed by atoms with Gasteiger partial charge in [-0.1, -0.05) is 6.92 Å². The fourth-order valence-electron chi connectivity index (χ4n) is 0.721. The van der Waals surface area contributed by atoms with Gasteiger partial charge in [-0.25, -0.2) is 0 Å². The number of hydrogen-bond acceptors (Lipinski definition) is 2. The Balaban J connectivity index is 3.47. The molecule has 0 aliphatic heterocycles. The summed E-state index contributed by atoms with van der Waals surface area (Å²) < 4.78 is 0. The summed E-state index contributed by atoms with van der Waals surface area (Å²) in [6, 6.07) is 0.909. The molecule has 0 aromatic carbocycles. The molecule has 0 radical (unpaired) electrons. The molecule has 0 saturated carbocycles. The van der Waals surface area contributed by atoms with Crippen LogP contribution in [0.25, 0.3) is 0 Å². The molecule has 1 nitrogen and oxygen atoms in total. The fourth-order valence-corrected chi connectivity index (χ4v) is 3.50. The Morgan fingerprint density at radius 3 is 2.11 bits per heavy atom. The normalized spacial score (nSPS) is 15.7. The summed E-state index contributed by atoms with van der Waals surface area (Å²) in [4.78, 5) is 9.41. The summed E-state index contributed by atoms with van der Waals surface area (Å²) in [5, 5.41) is 0.400. The van der Waals surface area contributed by atoms with E-state index in [4.69, 9.17) is 0 Å². The Morgan fingerprint density at radius 1 is 1.56 bits per heavy atom. The minimum absolute atomic E-state index is 0.400. The molecule has 0 aromatic rings. The smallest absolute Gasteiger partial charge is 0.183 e. The first kappa shape index (κ1) is 9.53. The Kier molecular flexibility index (Phi) is 3.85. The van der Waals surface area contributed by atoms with Crippen LogP contribution in [0.1, 0.15) is 13.3 Å². The maximum absolute atomic E-state index is 9.41. The topological polar surface area (TPSA) is 20.2 Å². The summed E-state index contributed by atoms with van der Waals surface area (Å²) in [5.74, 6) is 0. The zero-order valence-corrected chi connectivity index (χ0v) is 8.28. The summed E-state index contributed by atoms with van der Waals surface area (Å²) in [7, 11) is -1.82. The molecule has 0 spiro atoms. The van der Waals surface area contributed by atoms with E-state index in [1.54, 1.807) is 0 Å². The van der Waals surface area contributed by atoms with Gasteiger partial charge in [-0.3, -0.25) is 0 Å². The molecule has 56 valence electrons. The maximum atomic E-state index is 9.41. The lowest BCUT2D eigenvalue weighted by Crippen LogP contribution is -2.28. The highest BCUT2D eigenvalue weighted by Crippen LogP contribution is 2.15. The third-order valence-corrected chi connectivity index (χ3v) is 3.59. The van der Waals surface area contributed by atoms with E-state index in [9.17, 15) is 4.80 Å². The van der Waals surface area contributed by atoms with Crippen LogP contribution < -0.4 is 0 Å². The molecular weight excluding hydrogens is 148 g/mol. The van der Waals surface area contributed by atoms with E-state index in [1.165, 1.54) is 0 Å². The van der Waals surface area contributed by atoms with Crippen LogP contribution in [0.4, 0.5) is 0 Å². The van der Waals surface area contributed by atoms with E-state index in [2.05, 4.69) is 19.6 Å². The van der Waals surface area contributed by atoms with Gasteiger partial charge in [0, 0.05) is 5.25 Å². The van der Waals surface area contributed by atoms with Gasteiger partial charge in [0.1, 0.15) is 0 Å². The first-order valence-electron chi connectivity index (χ1n) is 3.36. The van der Waals surface area contributed by atoms with Crippen LogP contribution in [0.3, 0.4) is 0 Å². The predicted octanol–water partition coefficient (Wildman–Crippen LogP) is 1.89. The average Bonchev–Trinajstić information content (AvgIpc) is 1.62.